The Kier molecular flexibility index (Phi) is 7.01. The summed E-state index contributed by atoms with van der Waals surface area (Å²) in [6, 6.07) is 0. The molecule has 0 rings (SSSR count). The van der Waals surface area contributed by atoms with E-state index in [9.17, 15) is 18.0 Å². The van der Waals surface area contributed by atoms with Gasteiger partial charge in [-0.25, -0.2) is 0 Å². The van der Waals surface area contributed by atoms with Crippen molar-refractivity contribution in [1.82, 2.24) is 0 Å². The Morgan fingerprint density at radius 2 is 1.64 bits per heavy atom. The van der Waals surface area contributed by atoms with Crippen molar-refractivity contribution in [2.45, 2.75) is 74.9 Å². The molecule has 132 valence electrons. The maximum absolute atomic E-state index is 13.2. The molecule has 0 aliphatic carbocycles. The Morgan fingerprint density at radius 1 is 1.23 bits per heavy atom. The summed E-state index contributed by atoms with van der Waals surface area (Å²) in [5.74, 6) is -1.28. The maximum Gasteiger partial charge on any atom is 0.391 e. The fourth-order valence-electron chi connectivity index (χ4n) is 1.97. The highest BCUT2D eigenvalue weighted by Crippen LogP contribution is 2.47. The zero-order chi connectivity index (χ0) is 18.1. The first kappa shape index (κ1) is 22.2. The van der Waals surface area contributed by atoms with Crippen molar-refractivity contribution in [3.63, 3.8) is 0 Å². The minimum absolute atomic E-state index is 0.271. The van der Waals surface area contributed by atoms with E-state index in [-0.39, 0.29) is 5.04 Å². The Hall–Kier alpha value is 0.167. The molecule has 0 spiro atoms. The van der Waals surface area contributed by atoms with E-state index in [0.717, 1.165) is 0 Å². The number of rotatable bonds is 6. The predicted molar refractivity (Wildman–Crippen MR) is 93.5 cm³/mol. The number of alkyl halides is 4. The van der Waals surface area contributed by atoms with Crippen LogP contribution in [0.4, 0.5) is 13.2 Å². The molecule has 0 saturated carbocycles. The highest BCUT2D eigenvalue weighted by atomic mass is 127. The largest absolute Gasteiger partial charge is 0.409 e. The van der Waals surface area contributed by atoms with Crippen LogP contribution in [0.3, 0.4) is 0 Å². The van der Waals surface area contributed by atoms with E-state index in [4.69, 9.17) is 10.2 Å². The lowest BCUT2D eigenvalue weighted by molar-refractivity contribution is -0.181. The Balaban J connectivity index is 6.02. The summed E-state index contributed by atoms with van der Waals surface area (Å²) in [5, 5.41) is -0.271. The molecule has 3 nitrogen and oxygen atoms in total. The van der Waals surface area contributed by atoms with Crippen molar-refractivity contribution in [2.75, 3.05) is 0 Å². The number of carbonyl (C=O) groups excluding carboxylic acids is 1. The predicted octanol–water partition coefficient (Wildman–Crippen LogP) is 4.64. The third kappa shape index (κ3) is 5.36. The molecule has 2 N–H and O–H groups in total. The third-order valence-electron chi connectivity index (χ3n) is 4.38. The second kappa shape index (κ2) is 6.96. The van der Waals surface area contributed by atoms with Gasteiger partial charge in [0.1, 0.15) is 3.92 Å². The second-order valence-corrected chi connectivity index (χ2v) is 13.5. The number of hydrogen-bond donors (Lipinski definition) is 1. The molecule has 0 bridgehead atoms. The van der Waals surface area contributed by atoms with Crippen LogP contribution in [0.5, 0.6) is 0 Å². The van der Waals surface area contributed by atoms with Gasteiger partial charge in [-0.1, -0.05) is 57.2 Å². The molecular formula is C14H27F3INO2Si. The highest BCUT2D eigenvalue weighted by Gasteiger charge is 2.55. The van der Waals surface area contributed by atoms with E-state index in [1.54, 1.807) is 36.4 Å². The lowest BCUT2D eigenvalue weighted by Gasteiger charge is -2.49. The Labute approximate surface area is 145 Å². The average Bonchev–Trinajstić information content (AvgIpc) is 2.22. The highest BCUT2D eigenvalue weighted by molar-refractivity contribution is 14.1. The van der Waals surface area contributed by atoms with E-state index in [2.05, 4.69) is 0 Å². The molecule has 0 aliphatic rings. The molecule has 8 heteroatoms. The molecular weight excluding hydrogens is 426 g/mol. The molecule has 0 heterocycles. The molecule has 0 aromatic heterocycles. The lowest BCUT2D eigenvalue weighted by atomic mass is 9.83. The van der Waals surface area contributed by atoms with Gasteiger partial charge in [-0.3, -0.25) is 4.79 Å². The van der Waals surface area contributed by atoms with Crippen molar-refractivity contribution in [3.05, 3.63) is 0 Å². The van der Waals surface area contributed by atoms with Crippen LogP contribution in [0.15, 0.2) is 0 Å². The lowest BCUT2D eigenvalue weighted by Crippen LogP contribution is -2.60. The number of hydrogen-bond acceptors (Lipinski definition) is 2. The van der Waals surface area contributed by atoms with Gasteiger partial charge in [0.25, 0.3) is 0 Å². The van der Waals surface area contributed by atoms with Crippen LogP contribution in [-0.4, -0.2) is 29.9 Å². The first-order valence-corrected chi connectivity index (χ1v) is 11.3. The van der Waals surface area contributed by atoms with Crippen LogP contribution in [-0.2, 0) is 9.22 Å². The van der Waals surface area contributed by atoms with Gasteiger partial charge in [0.15, 0.2) is 8.32 Å². The van der Waals surface area contributed by atoms with Crippen LogP contribution in [0.25, 0.3) is 0 Å². The Bertz CT molecular complexity index is 408. The molecule has 2 atom stereocenters. The van der Waals surface area contributed by atoms with Crippen molar-refractivity contribution in [3.8, 4) is 0 Å². The molecule has 0 fully saturated rings. The SMILES string of the molecule is CC(C)C(CC(F)(F)F)(O[Si](C)(C)C(C)(C)C)C(I)C(N)=O. The van der Waals surface area contributed by atoms with Crippen molar-refractivity contribution < 1.29 is 22.4 Å². The van der Waals surface area contributed by atoms with Gasteiger partial charge in [0, 0.05) is 0 Å². The average molecular weight is 453 g/mol. The normalized spacial score (nSPS) is 18.2. The van der Waals surface area contributed by atoms with Crippen LogP contribution < -0.4 is 5.73 Å². The smallest absolute Gasteiger partial charge is 0.391 e. The monoisotopic (exact) mass is 453 g/mol. The van der Waals surface area contributed by atoms with E-state index in [1.165, 1.54) is 0 Å². The minimum Gasteiger partial charge on any atom is -0.409 e. The summed E-state index contributed by atoms with van der Waals surface area (Å²) in [5.41, 5.74) is 3.68. The number of amides is 1. The van der Waals surface area contributed by atoms with Gasteiger partial charge in [-0.2, -0.15) is 13.2 Å². The molecule has 22 heavy (non-hydrogen) atoms. The van der Waals surface area contributed by atoms with Crippen LogP contribution in [0.2, 0.25) is 18.1 Å². The molecule has 0 aromatic rings. The minimum atomic E-state index is -4.44. The van der Waals surface area contributed by atoms with Gasteiger partial charge < -0.3 is 10.2 Å². The zero-order valence-corrected chi connectivity index (χ0v) is 17.4. The van der Waals surface area contributed by atoms with E-state index < -0.39 is 42.3 Å². The zero-order valence-electron chi connectivity index (χ0n) is 14.3. The van der Waals surface area contributed by atoms with Crippen molar-refractivity contribution in [1.29, 1.82) is 0 Å². The van der Waals surface area contributed by atoms with E-state index >= 15 is 0 Å². The fourth-order valence-corrected chi connectivity index (χ4v) is 4.96. The number of nitrogens with two attached hydrogens (primary N) is 1. The van der Waals surface area contributed by atoms with Gasteiger partial charge in [0.05, 0.1) is 12.0 Å². The quantitative estimate of drug-likeness (QED) is 0.362. The van der Waals surface area contributed by atoms with Gasteiger partial charge in [0.2, 0.25) is 5.91 Å². The summed E-state index contributed by atoms with van der Waals surface area (Å²) in [6.45, 7) is 12.9. The van der Waals surface area contributed by atoms with Crippen molar-refractivity contribution >= 4 is 36.8 Å². The topological polar surface area (TPSA) is 52.3 Å². The summed E-state index contributed by atoms with van der Waals surface area (Å²) in [6.07, 6.45) is -5.62. The number of halogens is 4. The summed E-state index contributed by atoms with van der Waals surface area (Å²) in [4.78, 5) is 11.7. The number of carbonyl (C=O) groups is 1. The standard InChI is InChI=1S/C14H27F3INO2Si/c1-9(2)13(8-14(15,16)17,10(18)11(19)20)21-22(6,7)12(3,4)5/h9-10H,8H2,1-7H3,(H2,19,20). The van der Waals surface area contributed by atoms with Gasteiger partial charge in [-0.05, 0) is 24.1 Å². The molecule has 0 saturated heterocycles. The second-order valence-electron chi connectivity index (χ2n) is 7.53. The summed E-state index contributed by atoms with van der Waals surface area (Å²) in [7, 11) is -2.52. The first-order chi connectivity index (χ1) is 9.46. The summed E-state index contributed by atoms with van der Waals surface area (Å²) < 4.78 is 44.7. The van der Waals surface area contributed by atoms with Gasteiger partial charge >= 0.3 is 6.18 Å². The third-order valence-corrected chi connectivity index (χ3v) is 10.6. The van der Waals surface area contributed by atoms with E-state index in [0.29, 0.717) is 0 Å². The molecule has 0 radical (unpaired) electrons. The maximum atomic E-state index is 13.2. The van der Waals surface area contributed by atoms with Crippen LogP contribution >= 0.6 is 22.6 Å². The molecule has 0 aliphatic heterocycles. The van der Waals surface area contributed by atoms with E-state index in [1.807, 2.05) is 33.9 Å². The number of primary amides is 1. The van der Waals surface area contributed by atoms with Crippen molar-refractivity contribution in [2.24, 2.45) is 11.7 Å². The molecule has 1 amide bonds. The van der Waals surface area contributed by atoms with Gasteiger partial charge in [-0.15, -0.1) is 0 Å². The summed E-state index contributed by atoms with van der Waals surface area (Å²) >= 11 is 1.69. The first-order valence-electron chi connectivity index (χ1n) is 7.16. The molecule has 2 unspecified atom stereocenters. The fraction of sp³-hybridized carbons (Fsp3) is 0.929. The Morgan fingerprint density at radius 3 is 1.86 bits per heavy atom. The van der Waals surface area contributed by atoms with Crippen LogP contribution in [0, 0.1) is 5.92 Å². The molecule has 0 aromatic carbocycles. The van der Waals surface area contributed by atoms with Crippen LogP contribution in [0.1, 0.15) is 41.0 Å².